The van der Waals surface area contributed by atoms with Crippen LogP contribution in [0, 0.1) is 5.41 Å². The first kappa shape index (κ1) is 15.7. The van der Waals surface area contributed by atoms with E-state index in [0.29, 0.717) is 0 Å². The van der Waals surface area contributed by atoms with E-state index in [-0.39, 0.29) is 10.8 Å². The Kier molecular flexibility index (Phi) is 4.18. The van der Waals surface area contributed by atoms with Crippen molar-refractivity contribution >= 4 is 5.71 Å². The first-order valence-electron chi connectivity index (χ1n) is 7.61. The number of nitrogens with zero attached hydrogens (tertiary/aromatic N) is 2. The molecule has 0 atom stereocenters. The Labute approximate surface area is 128 Å². The molecule has 0 unspecified atom stereocenters. The third-order valence-electron chi connectivity index (χ3n) is 3.54. The Morgan fingerprint density at radius 2 is 1.67 bits per heavy atom. The Hall–Kier alpha value is -1.70. The van der Waals surface area contributed by atoms with E-state index in [1.165, 1.54) is 0 Å². The first-order valence-corrected chi connectivity index (χ1v) is 7.61. The summed E-state index contributed by atoms with van der Waals surface area (Å²) >= 11 is 0. The molecule has 1 aromatic rings. The highest BCUT2D eigenvalue weighted by molar-refractivity contribution is 6.00. The molecule has 2 rings (SSSR count). The summed E-state index contributed by atoms with van der Waals surface area (Å²) in [7, 11) is 0. The quantitative estimate of drug-likeness (QED) is 0.707. The molecule has 0 bridgehead atoms. The first-order chi connectivity index (χ1) is 9.68. The molecule has 0 amide bonds. The van der Waals surface area contributed by atoms with Gasteiger partial charge in [-0.05, 0) is 18.2 Å². The molecule has 0 fully saturated rings. The predicted molar refractivity (Wildman–Crippen MR) is 90.8 cm³/mol. The highest BCUT2D eigenvalue weighted by Gasteiger charge is 2.20. The van der Waals surface area contributed by atoms with Gasteiger partial charge in [0, 0.05) is 28.6 Å². The molecule has 0 N–H and O–H groups in total. The van der Waals surface area contributed by atoms with Crippen molar-refractivity contribution in [3.63, 3.8) is 0 Å². The molecule has 21 heavy (non-hydrogen) atoms. The maximum absolute atomic E-state index is 4.89. The van der Waals surface area contributed by atoms with E-state index in [2.05, 4.69) is 78.0 Å². The third-order valence-corrected chi connectivity index (χ3v) is 3.54. The van der Waals surface area contributed by atoms with E-state index < -0.39 is 0 Å². The number of allylic oxidation sites excluding steroid dienone is 4. The fraction of sp³-hybridized carbons (Fsp3) is 0.474. The van der Waals surface area contributed by atoms with Crippen LogP contribution in [-0.4, -0.2) is 10.7 Å². The highest BCUT2D eigenvalue weighted by Crippen LogP contribution is 2.29. The predicted octanol–water partition coefficient (Wildman–Crippen LogP) is 5.06. The fourth-order valence-corrected chi connectivity index (χ4v) is 2.16. The number of hydrogen-bond acceptors (Lipinski definition) is 2. The monoisotopic (exact) mass is 282 g/mol. The van der Waals surface area contributed by atoms with Crippen LogP contribution in [0.15, 0.2) is 47.1 Å². The Balaban J connectivity index is 2.44. The summed E-state index contributed by atoms with van der Waals surface area (Å²) in [6.07, 6.45) is 7.20. The highest BCUT2D eigenvalue weighted by atomic mass is 14.8. The zero-order chi connectivity index (χ0) is 15.7. The van der Waals surface area contributed by atoms with E-state index in [4.69, 9.17) is 9.98 Å². The van der Waals surface area contributed by atoms with Crippen LogP contribution in [0.1, 0.15) is 59.4 Å². The van der Waals surface area contributed by atoms with E-state index >= 15 is 0 Å². The molecular weight excluding hydrogens is 256 g/mol. The standard InChI is InChI=1S/C19H26N2/c1-18(2,3)16-12-8-7-10-14(20-16)15-11-9-13-17(21-15)19(4,5)6/h7-9,11-13H,10H2,1-6H3. The molecule has 2 heteroatoms. The summed E-state index contributed by atoms with van der Waals surface area (Å²) in [6, 6.07) is 6.24. The number of aliphatic imine (C=N–C) groups is 1. The van der Waals surface area contributed by atoms with Gasteiger partial charge < -0.3 is 0 Å². The van der Waals surface area contributed by atoms with Gasteiger partial charge in [-0.1, -0.05) is 59.8 Å². The zero-order valence-electron chi connectivity index (χ0n) is 14.1. The van der Waals surface area contributed by atoms with Gasteiger partial charge in [0.15, 0.2) is 0 Å². The van der Waals surface area contributed by atoms with Gasteiger partial charge in [0.2, 0.25) is 0 Å². The zero-order valence-corrected chi connectivity index (χ0v) is 14.1. The number of rotatable bonds is 1. The van der Waals surface area contributed by atoms with Gasteiger partial charge in [0.1, 0.15) is 0 Å². The van der Waals surface area contributed by atoms with Crippen molar-refractivity contribution in [3.8, 4) is 0 Å². The average molecular weight is 282 g/mol. The van der Waals surface area contributed by atoms with Crippen LogP contribution in [0.5, 0.6) is 0 Å². The van der Waals surface area contributed by atoms with E-state index in [9.17, 15) is 0 Å². The van der Waals surface area contributed by atoms with Gasteiger partial charge >= 0.3 is 0 Å². The summed E-state index contributed by atoms with van der Waals surface area (Å²) in [6.45, 7) is 13.1. The van der Waals surface area contributed by atoms with Crippen molar-refractivity contribution < 1.29 is 0 Å². The van der Waals surface area contributed by atoms with Crippen molar-refractivity contribution in [1.29, 1.82) is 0 Å². The van der Waals surface area contributed by atoms with Crippen molar-refractivity contribution in [3.05, 3.63) is 53.5 Å². The lowest BCUT2D eigenvalue weighted by Crippen LogP contribution is -2.16. The number of hydrogen-bond donors (Lipinski definition) is 0. The number of aromatic nitrogens is 1. The second-order valence-corrected chi connectivity index (χ2v) is 7.65. The van der Waals surface area contributed by atoms with Crippen LogP contribution >= 0.6 is 0 Å². The van der Waals surface area contributed by atoms with Crippen molar-refractivity contribution in [1.82, 2.24) is 4.98 Å². The van der Waals surface area contributed by atoms with E-state index in [0.717, 1.165) is 29.2 Å². The summed E-state index contributed by atoms with van der Waals surface area (Å²) in [5.74, 6) is 0. The minimum absolute atomic E-state index is 0.0432. The third kappa shape index (κ3) is 3.90. The molecular formula is C19H26N2. The normalized spacial score (nSPS) is 16.3. The maximum atomic E-state index is 4.89. The molecule has 1 aromatic heterocycles. The molecule has 2 nitrogen and oxygen atoms in total. The van der Waals surface area contributed by atoms with Crippen LogP contribution in [0.25, 0.3) is 0 Å². The maximum Gasteiger partial charge on any atom is 0.0851 e. The second-order valence-electron chi connectivity index (χ2n) is 7.65. The topological polar surface area (TPSA) is 25.2 Å². The van der Waals surface area contributed by atoms with Gasteiger partial charge in [-0.2, -0.15) is 0 Å². The van der Waals surface area contributed by atoms with E-state index in [1.54, 1.807) is 0 Å². The Morgan fingerprint density at radius 1 is 0.952 bits per heavy atom. The fourth-order valence-electron chi connectivity index (χ4n) is 2.16. The lowest BCUT2D eigenvalue weighted by Gasteiger charge is -2.20. The summed E-state index contributed by atoms with van der Waals surface area (Å²) in [5, 5.41) is 0. The molecule has 0 saturated heterocycles. The smallest absolute Gasteiger partial charge is 0.0851 e. The van der Waals surface area contributed by atoms with Crippen LogP contribution in [0.4, 0.5) is 0 Å². The van der Waals surface area contributed by atoms with Gasteiger partial charge in [-0.3, -0.25) is 9.98 Å². The summed E-state index contributed by atoms with van der Waals surface area (Å²) in [4.78, 5) is 9.73. The lowest BCUT2D eigenvalue weighted by molar-refractivity contribution is 0.498. The van der Waals surface area contributed by atoms with E-state index in [1.807, 2.05) is 0 Å². The SMILES string of the molecule is CC(C)(C)C1=CC=CCC(c2cccc(C(C)(C)C)n2)=N1. The summed E-state index contributed by atoms with van der Waals surface area (Å²) < 4.78 is 0. The summed E-state index contributed by atoms with van der Waals surface area (Å²) in [5.41, 5.74) is 4.35. The van der Waals surface area contributed by atoms with Gasteiger partial charge in [0.25, 0.3) is 0 Å². The molecule has 2 heterocycles. The largest absolute Gasteiger partial charge is 0.255 e. The number of pyridine rings is 1. The molecule has 0 radical (unpaired) electrons. The van der Waals surface area contributed by atoms with Crippen LogP contribution in [0.3, 0.4) is 0 Å². The van der Waals surface area contributed by atoms with Crippen LogP contribution < -0.4 is 0 Å². The molecule has 0 aliphatic carbocycles. The molecule has 0 aromatic carbocycles. The Bertz CT molecular complexity index is 605. The van der Waals surface area contributed by atoms with Gasteiger partial charge in [-0.15, -0.1) is 0 Å². The van der Waals surface area contributed by atoms with Crippen molar-refractivity contribution in [2.24, 2.45) is 10.4 Å². The Morgan fingerprint density at radius 3 is 2.29 bits per heavy atom. The molecule has 0 spiro atoms. The van der Waals surface area contributed by atoms with Crippen LogP contribution in [0.2, 0.25) is 0 Å². The molecule has 0 saturated carbocycles. The van der Waals surface area contributed by atoms with Crippen molar-refractivity contribution in [2.45, 2.75) is 53.4 Å². The van der Waals surface area contributed by atoms with Gasteiger partial charge in [0.05, 0.1) is 11.4 Å². The lowest BCUT2D eigenvalue weighted by atomic mass is 9.91. The minimum Gasteiger partial charge on any atom is -0.255 e. The van der Waals surface area contributed by atoms with Crippen molar-refractivity contribution in [2.75, 3.05) is 0 Å². The second kappa shape index (κ2) is 5.59. The minimum atomic E-state index is 0.0432. The van der Waals surface area contributed by atoms with Crippen LogP contribution in [-0.2, 0) is 5.41 Å². The van der Waals surface area contributed by atoms with Gasteiger partial charge in [-0.25, -0.2) is 0 Å². The molecule has 112 valence electrons. The average Bonchev–Trinajstić information content (AvgIpc) is 2.63. The molecule has 1 aliphatic heterocycles. The molecule has 1 aliphatic rings.